The number of carbonyl (C=O) groups is 4. The largest absolute Gasteiger partial charge is 0.419 e. The molecule has 0 unspecified atom stereocenters. The number of benzene rings is 1. The highest BCUT2D eigenvalue weighted by Gasteiger charge is 2.52. The fraction of sp³-hybridized carbons (Fsp3) is 0.550. The first-order valence-corrected chi connectivity index (χ1v) is 20.7. The van der Waals surface area contributed by atoms with E-state index in [1.54, 1.807) is 25.6 Å². The molecule has 23 heteroatoms. The molecule has 0 spiro atoms. The quantitative estimate of drug-likeness (QED) is 0.175. The first kappa shape index (κ1) is 51.9. The second-order valence-electron chi connectivity index (χ2n) is 15.1. The first-order valence-electron chi connectivity index (χ1n) is 20.3. The summed E-state index contributed by atoms with van der Waals surface area (Å²) >= 11 is 5.51. The van der Waals surface area contributed by atoms with Crippen LogP contribution in [0.5, 0.6) is 0 Å². The molecule has 350 valence electrons. The maximum atomic E-state index is 13.3. The van der Waals surface area contributed by atoms with Gasteiger partial charge in [-0.1, -0.05) is 39.2 Å². The van der Waals surface area contributed by atoms with E-state index in [-0.39, 0.29) is 62.3 Å². The van der Waals surface area contributed by atoms with Gasteiger partial charge in [0.05, 0.1) is 41.8 Å². The summed E-state index contributed by atoms with van der Waals surface area (Å²) in [4.78, 5) is 61.7. The van der Waals surface area contributed by atoms with E-state index in [1.165, 1.54) is 11.0 Å². The molecule has 63 heavy (non-hydrogen) atoms. The molecular weight excluding hydrogens is 861 g/mol. The molecule has 3 aromatic rings. The molecule has 4 aliphatic rings. The SMILES string of the molecule is CC.CC1(C)C(=O)N(c2cnc(C#N)c(C(F)(F)F)c2)C(=S)N1C1CCCCC1.Cn1nc(N2CCC(=O)NC2=O)c2cccc(NC(=O)CN3CCN(CCO)CC3)c21.F.FF.[HH].[HH]. The van der Waals surface area contributed by atoms with Gasteiger partial charge in [-0.05, 0) is 57.1 Å². The molecule has 2 aromatic heterocycles. The van der Waals surface area contributed by atoms with E-state index in [9.17, 15) is 32.3 Å². The summed E-state index contributed by atoms with van der Waals surface area (Å²) in [5, 5.41) is 28.6. The number of pyridine rings is 1. The smallest absolute Gasteiger partial charge is 0.395 e. The number of β-amino-alcohol motifs (C(OH)–C–C–N with tert-alkyl or cyclic N) is 1. The number of fused-ring (bicyclic) bond motifs is 1. The van der Waals surface area contributed by atoms with Gasteiger partial charge in [-0.25, -0.2) is 9.78 Å². The van der Waals surface area contributed by atoms with Crippen molar-refractivity contribution in [1.82, 2.24) is 34.8 Å². The Hall–Kier alpha value is -5.44. The second-order valence-corrected chi connectivity index (χ2v) is 15.5. The van der Waals surface area contributed by atoms with Crippen molar-refractivity contribution in [3.8, 4) is 6.07 Å². The number of rotatable bonds is 8. The van der Waals surface area contributed by atoms with Crippen LogP contribution in [0.2, 0.25) is 0 Å². The zero-order chi connectivity index (χ0) is 45.9. The number of nitrogens with zero attached hydrogens (tertiary/aromatic N) is 9. The van der Waals surface area contributed by atoms with Crippen molar-refractivity contribution in [2.24, 2.45) is 7.05 Å². The standard InChI is InChI=1S/C20H27N7O4.C18H19F3N4OS.C2H6.F2.FH.2H2/c1-24-18-14(19(23-24)27-6-5-16(29)22-20(27)31)3-2-4-15(18)21-17(30)13-26-9-7-25(8-10-26)11-12-28;1-17(2)15(26)24(16(27)25(17)11-6-4-3-5-7-11)12-8-13(18(19,20)21)14(9-22)23-10-12;2*1-2;;;/h2-4,28H,5-13H2,1H3,(H,21,30)(H,22,29,31);8,10-11H,3-7H2,1-2H3;1-2H3;;3*1H. The molecule has 4 fully saturated rings. The number of aryl methyl sites for hydroxylation is 1. The molecule has 3 aliphatic heterocycles. The second kappa shape index (κ2) is 22.8. The van der Waals surface area contributed by atoms with Gasteiger partial charge in [0.2, 0.25) is 11.8 Å². The number of aromatic nitrogens is 3. The number of nitriles is 1. The van der Waals surface area contributed by atoms with Gasteiger partial charge in [0, 0.05) is 76.2 Å². The Morgan fingerprint density at radius 1 is 1.06 bits per heavy atom. The van der Waals surface area contributed by atoms with E-state index in [1.807, 2.05) is 36.9 Å². The zero-order valence-electron chi connectivity index (χ0n) is 35.7. The number of aliphatic hydroxyl groups excluding tert-OH is 1. The highest BCUT2D eigenvalue weighted by Crippen LogP contribution is 2.40. The zero-order valence-corrected chi connectivity index (χ0v) is 36.5. The molecule has 0 bridgehead atoms. The van der Waals surface area contributed by atoms with Crippen LogP contribution in [0.1, 0.15) is 80.3 Å². The fourth-order valence-electron chi connectivity index (χ4n) is 7.96. The summed E-state index contributed by atoms with van der Waals surface area (Å²) in [5.74, 6) is -0.352. The number of halogens is 6. The van der Waals surface area contributed by atoms with Gasteiger partial charge >= 0.3 is 12.2 Å². The van der Waals surface area contributed by atoms with Crippen LogP contribution in [0.4, 0.5) is 49.0 Å². The predicted molar refractivity (Wildman–Crippen MR) is 232 cm³/mol. The first-order chi connectivity index (χ1) is 29.5. The van der Waals surface area contributed by atoms with Crippen LogP contribution < -0.4 is 20.4 Å². The van der Waals surface area contributed by atoms with Crippen LogP contribution in [0.25, 0.3) is 10.9 Å². The van der Waals surface area contributed by atoms with Gasteiger partial charge in [0.25, 0.3) is 5.91 Å². The lowest BCUT2D eigenvalue weighted by atomic mass is 9.91. The molecule has 5 amide bonds. The van der Waals surface area contributed by atoms with Crippen molar-refractivity contribution in [2.75, 3.05) is 67.5 Å². The summed E-state index contributed by atoms with van der Waals surface area (Å²) in [6, 6.07) is 7.27. The van der Waals surface area contributed by atoms with Gasteiger partial charge in [0.15, 0.2) is 16.6 Å². The normalized spacial score (nSPS) is 18.2. The minimum atomic E-state index is -4.75. The Balaban J connectivity index is 0.000000583. The number of hydrogen-bond donors (Lipinski definition) is 3. The molecule has 5 heterocycles. The fourth-order valence-corrected chi connectivity index (χ4v) is 8.53. The van der Waals surface area contributed by atoms with Crippen molar-refractivity contribution < 1.29 is 54.2 Å². The number of anilines is 3. The average molecular weight is 918 g/mol. The number of hydrogen-bond acceptors (Lipinski definition) is 11. The van der Waals surface area contributed by atoms with Gasteiger partial charge in [-0.2, -0.15) is 23.5 Å². The Labute approximate surface area is 369 Å². The molecular formula is C40H57F6N11O5S. The molecule has 1 aliphatic carbocycles. The van der Waals surface area contributed by atoms with Crippen molar-refractivity contribution in [3.63, 3.8) is 0 Å². The average Bonchev–Trinajstić information content (AvgIpc) is 3.68. The molecule has 0 radical (unpaired) electrons. The topological polar surface area (TPSA) is 183 Å². The lowest BCUT2D eigenvalue weighted by Gasteiger charge is -2.39. The van der Waals surface area contributed by atoms with Crippen molar-refractivity contribution in [2.45, 2.75) is 84.0 Å². The van der Waals surface area contributed by atoms with Crippen LogP contribution in [-0.4, -0.2) is 127 Å². The summed E-state index contributed by atoms with van der Waals surface area (Å²) in [6.45, 7) is 12.0. The summed E-state index contributed by atoms with van der Waals surface area (Å²) in [6.07, 6.45) is 1.54. The predicted octanol–water partition coefficient (Wildman–Crippen LogP) is 6.10. The molecule has 3 saturated heterocycles. The van der Waals surface area contributed by atoms with Crippen molar-refractivity contribution in [1.29, 1.82) is 5.26 Å². The summed E-state index contributed by atoms with van der Waals surface area (Å²) < 4.78 is 57.5. The number of carbonyl (C=O) groups excluding carboxylic acids is 4. The molecule has 7 rings (SSSR count). The molecule has 1 aromatic carbocycles. The van der Waals surface area contributed by atoms with Crippen LogP contribution in [0.3, 0.4) is 0 Å². The summed E-state index contributed by atoms with van der Waals surface area (Å²) in [5.41, 5.74) is -1.59. The number of aliphatic hydroxyl groups is 1. The monoisotopic (exact) mass is 917 g/mol. The summed E-state index contributed by atoms with van der Waals surface area (Å²) in [7, 11) is 1.76. The van der Waals surface area contributed by atoms with E-state index >= 15 is 0 Å². The minimum Gasteiger partial charge on any atom is -0.395 e. The number of alkyl halides is 3. The third kappa shape index (κ3) is 11.8. The number of piperazine rings is 1. The van der Waals surface area contributed by atoms with E-state index in [0.717, 1.165) is 80.8 Å². The lowest BCUT2D eigenvalue weighted by molar-refractivity contribution is -0.138. The van der Waals surface area contributed by atoms with Crippen LogP contribution in [-0.2, 0) is 27.6 Å². The van der Waals surface area contributed by atoms with Crippen LogP contribution >= 0.6 is 12.2 Å². The lowest BCUT2D eigenvalue weighted by Crippen LogP contribution is -2.50. The minimum absolute atomic E-state index is 0. The Bertz CT molecular complexity index is 2150. The molecule has 16 nitrogen and oxygen atoms in total. The highest BCUT2D eigenvalue weighted by atomic mass is 32.1. The number of nitrogens with one attached hydrogen (secondary N) is 2. The Morgan fingerprint density at radius 3 is 2.29 bits per heavy atom. The van der Waals surface area contributed by atoms with E-state index in [4.69, 9.17) is 31.7 Å². The van der Waals surface area contributed by atoms with E-state index in [2.05, 4.69) is 30.5 Å². The van der Waals surface area contributed by atoms with Crippen molar-refractivity contribution in [3.05, 3.63) is 41.7 Å². The van der Waals surface area contributed by atoms with E-state index < -0.39 is 34.9 Å². The maximum absolute atomic E-state index is 13.3. The van der Waals surface area contributed by atoms with Gasteiger partial charge in [-0.3, -0.25) is 48.7 Å². The van der Waals surface area contributed by atoms with E-state index in [0.29, 0.717) is 23.6 Å². The van der Waals surface area contributed by atoms with Crippen LogP contribution in [0.15, 0.2) is 30.5 Å². The maximum Gasteiger partial charge on any atom is 0.419 e. The number of thiocarbonyl (C=S) groups is 1. The highest BCUT2D eigenvalue weighted by molar-refractivity contribution is 7.80. The molecule has 0 atom stereocenters. The van der Waals surface area contributed by atoms with Gasteiger partial charge < -0.3 is 15.3 Å². The number of urea groups is 1. The Kier molecular flexibility index (Phi) is 18.8. The number of para-hydroxylation sites is 1. The molecule has 1 saturated carbocycles. The molecule has 3 N–H and O–H groups in total. The van der Waals surface area contributed by atoms with Crippen molar-refractivity contribution >= 4 is 69.2 Å². The Morgan fingerprint density at radius 2 is 1.70 bits per heavy atom. The third-order valence-electron chi connectivity index (χ3n) is 10.9. The van der Waals surface area contributed by atoms with Gasteiger partial charge in [0.1, 0.15) is 11.6 Å². The third-order valence-corrected chi connectivity index (χ3v) is 11.3. The van der Waals surface area contributed by atoms with Gasteiger partial charge in [-0.15, -0.1) is 0 Å². The van der Waals surface area contributed by atoms with Crippen LogP contribution in [0, 0.1) is 11.3 Å². The number of imide groups is 1. The number of amides is 5.